The van der Waals surface area contributed by atoms with Crippen molar-refractivity contribution in [3.63, 3.8) is 0 Å². The van der Waals surface area contributed by atoms with Crippen LogP contribution in [0.15, 0.2) is 48.5 Å². The first-order chi connectivity index (χ1) is 14.6. The number of benzene rings is 2. The van der Waals surface area contributed by atoms with Gasteiger partial charge in [-0.1, -0.05) is 36.4 Å². The van der Waals surface area contributed by atoms with Gasteiger partial charge in [0.1, 0.15) is 5.60 Å². The topological polar surface area (TPSA) is 70.7 Å². The van der Waals surface area contributed by atoms with E-state index in [0.717, 1.165) is 30.5 Å². The first-order valence-corrected chi connectivity index (χ1v) is 10.8. The summed E-state index contributed by atoms with van der Waals surface area (Å²) >= 11 is 0. The lowest BCUT2D eigenvalue weighted by atomic mass is 10.1. The van der Waals surface area contributed by atoms with Crippen LogP contribution >= 0.6 is 0 Å². The van der Waals surface area contributed by atoms with Crippen LogP contribution in [0.1, 0.15) is 66.3 Å². The van der Waals surface area contributed by atoms with E-state index in [2.05, 4.69) is 22.8 Å². The third-order valence-corrected chi connectivity index (χ3v) is 5.29. The summed E-state index contributed by atoms with van der Waals surface area (Å²) in [6.45, 7) is 6.36. The summed E-state index contributed by atoms with van der Waals surface area (Å²) < 4.78 is 5.43. The zero-order valence-corrected chi connectivity index (χ0v) is 19.1. The maximum absolute atomic E-state index is 12.3. The van der Waals surface area contributed by atoms with Crippen LogP contribution in [-0.4, -0.2) is 43.1 Å². The Hall–Kier alpha value is -2.86. The molecule has 1 aliphatic carbocycles. The lowest BCUT2D eigenvalue weighted by Gasteiger charge is -2.22. The molecule has 2 aromatic carbocycles. The molecular weight excluding hydrogens is 390 g/mol. The highest BCUT2D eigenvalue weighted by Crippen LogP contribution is 2.38. The van der Waals surface area contributed by atoms with E-state index in [9.17, 15) is 9.59 Å². The third-order valence-electron chi connectivity index (χ3n) is 5.29. The highest BCUT2D eigenvalue weighted by molar-refractivity contribution is 5.94. The standard InChI is InChI=1S/C25H33N3O3/c1-25(2,3)31-24(30)27-22-16-21(19-11-6-7-12-20(19)22)26-14-13-17-9-8-10-18(15-17)23(29)28(4)5/h6-12,15,21-22,26H,13-14,16H2,1-5H3,(H,27,30)/t21-,22-/m0/s1. The molecule has 6 nitrogen and oxygen atoms in total. The molecule has 0 saturated heterocycles. The number of nitrogens with one attached hydrogen (secondary N) is 2. The second-order valence-electron chi connectivity index (χ2n) is 9.22. The minimum atomic E-state index is -0.525. The second-order valence-corrected chi connectivity index (χ2v) is 9.22. The SMILES string of the molecule is CN(C)C(=O)c1cccc(CCN[C@H]2C[C@H](NC(=O)OC(C)(C)C)c3ccccc32)c1. The number of rotatable bonds is 6. The van der Waals surface area contributed by atoms with Gasteiger partial charge in [-0.2, -0.15) is 0 Å². The minimum Gasteiger partial charge on any atom is -0.444 e. The lowest BCUT2D eigenvalue weighted by Crippen LogP contribution is -2.34. The Kier molecular flexibility index (Phi) is 7.01. The Morgan fingerprint density at radius 2 is 1.71 bits per heavy atom. The fourth-order valence-electron chi connectivity index (χ4n) is 3.92. The van der Waals surface area contributed by atoms with E-state index in [4.69, 9.17) is 4.74 Å². The van der Waals surface area contributed by atoms with E-state index in [1.54, 1.807) is 19.0 Å². The van der Waals surface area contributed by atoms with E-state index in [0.29, 0.717) is 5.56 Å². The van der Waals surface area contributed by atoms with Crippen molar-refractivity contribution in [2.75, 3.05) is 20.6 Å². The summed E-state index contributed by atoms with van der Waals surface area (Å²) in [6.07, 6.45) is 1.20. The molecule has 166 valence electrons. The number of fused-ring (bicyclic) bond motifs is 1. The summed E-state index contributed by atoms with van der Waals surface area (Å²) in [4.78, 5) is 26.1. The number of hydrogen-bond acceptors (Lipinski definition) is 4. The summed E-state index contributed by atoms with van der Waals surface area (Å²) in [5.41, 5.74) is 3.64. The van der Waals surface area contributed by atoms with Crippen molar-refractivity contribution in [2.24, 2.45) is 0 Å². The molecule has 2 N–H and O–H groups in total. The number of nitrogens with zero attached hydrogens (tertiary/aromatic N) is 1. The Morgan fingerprint density at radius 1 is 1.03 bits per heavy atom. The Bertz CT molecular complexity index is 934. The predicted octanol–water partition coefficient (Wildman–Crippen LogP) is 4.23. The van der Waals surface area contributed by atoms with Gasteiger partial charge in [-0.3, -0.25) is 4.79 Å². The lowest BCUT2D eigenvalue weighted by molar-refractivity contribution is 0.0501. The molecule has 0 aliphatic heterocycles. The first-order valence-electron chi connectivity index (χ1n) is 10.8. The molecule has 0 bridgehead atoms. The molecule has 2 atom stereocenters. The van der Waals surface area contributed by atoms with Gasteiger partial charge >= 0.3 is 6.09 Å². The molecule has 0 aromatic heterocycles. The smallest absolute Gasteiger partial charge is 0.408 e. The molecule has 0 spiro atoms. The highest BCUT2D eigenvalue weighted by atomic mass is 16.6. The third kappa shape index (κ3) is 6.07. The van der Waals surface area contributed by atoms with E-state index >= 15 is 0 Å². The van der Waals surface area contributed by atoms with Crippen LogP contribution in [0.5, 0.6) is 0 Å². The van der Waals surface area contributed by atoms with Gasteiger partial charge in [-0.25, -0.2) is 4.79 Å². The normalized spacial score (nSPS) is 17.7. The molecule has 2 aromatic rings. The molecule has 0 heterocycles. The average Bonchev–Trinajstić information content (AvgIpc) is 3.03. The van der Waals surface area contributed by atoms with Gasteiger partial charge in [0.05, 0.1) is 6.04 Å². The first kappa shape index (κ1) is 22.8. The van der Waals surface area contributed by atoms with Crippen LogP contribution in [0.4, 0.5) is 4.79 Å². The van der Waals surface area contributed by atoms with Gasteiger partial charge in [-0.05, 0) is 69.0 Å². The Morgan fingerprint density at radius 3 is 2.35 bits per heavy atom. The number of carbonyl (C=O) groups excluding carboxylic acids is 2. The number of alkyl carbamates (subject to hydrolysis) is 1. The molecule has 1 aliphatic rings. The van der Waals surface area contributed by atoms with Crippen molar-refractivity contribution in [1.82, 2.24) is 15.5 Å². The van der Waals surface area contributed by atoms with E-state index < -0.39 is 11.7 Å². The van der Waals surface area contributed by atoms with Crippen molar-refractivity contribution >= 4 is 12.0 Å². The Balaban J connectivity index is 1.61. The van der Waals surface area contributed by atoms with E-state index in [1.165, 1.54) is 5.56 Å². The monoisotopic (exact) mass is 423 g/mol. The summed E-state index contributed by atoms with van der Waals surface area (Å²) in [7, 11) is 3.52. The molecule has 0 unspecified atom stereocenters. The summed E-state index contributed by atoms with van der Waals surface area (Å²) in [6, 6.07) is 16.1. The largest absolute Gasteiger partial charge is 0.444 e. The Labute approximate surface area is 185 Å². The van der Waals surface area contributed by atoms with Crippen LogP contribution in [0.3, 0.4) is 0 Å². The maximum atomic E-state index is 12.3. The zero-order chi connectivity index (χ0) is 22.6. The number of hydrogen-bond donors (Lipinski definition) is 2. The highest BCUT2D eigenvalue weighted by Gasteiger charge is 2.32. The zero-order valence-electron chi connectivity index (χ0n) is 19.1. The number of ether oxygens (including phenoxy) is 1. The second kappa shape index (κ2) is 9.52. The van der Waals surface area contributed by atoms with Crippen molar-refractivity contribution in [1.29, 1.82) is 0 Å². The molecule has 31 heavy (non-hydrogen) atoms. The molecule has 6 heteroatoms. The van der Waals surface area contributed by atoms with Gasteiger partial charge in [0.15, 0.2) is 0 Å². The van der Waals surface area contributed by atoms with Gasteiger partial charge in [0.25, 0.3) is 5.91 Å². The van der Waals surface area contributed by atoms with Gasteiger partial charge in [0.2, 0.25) is 0 Å². The van der Waals surface area contributed by atoms with Crippen molar-refractivity contribution in [2.45, 2.75) is 51.3 Å². The van der Waals surface area contributed by atoms with Crippen LogP contribution in [0, 0.1) is 0 Å². The molecule has 0 saturated carbocycles. The number of amides is 2. The minimum absolute atomic E-state index is 0.00980. The fraction of sp³-hybridized carbons (Fsp3) is 0.440. The molecule has 0 fully saturated rings. The van der Waals surface area contributed by atoms with Crippen LogP contribution < -0.4 is 10.6 Å². The summed E-state index contributed by atoms with van der Waals surface area (Å²) in [5.74, 6) is 0.00980. The molecular formula is C25H33N3O3. The van der Waals surface area contributed by atoms with E-state index in [1.807, 2.05) is 57.2 Å². The van der Waals surface area contributed by atoms with Crippen LogP contribution in [0.25, 0.3) is 0 Å². The fourth-order valence-corrected chi connectivity index (χ4v) is 3.92. The van der Waals surface area contributed by atoms with Crippen LogP contribution in [-0.2, 0) is 11.2 Å². The van der Waals surface area contributed by atoms with Crippen molar-refractivity contribution < 1.29 is 14.3 Å². The van der Waals surface area contributed by atoms with Crippen molar-refractivity contribution in [3.05, 3.63) is 70.8 Å². The van der Waals surface area contributed by atoms with Gasteiger partial charge in [-0.15, -0.1) is 0 Å². The van der Waals surface area contributed by atoms with Crippen molar-refractivity contribution in [3.8, 4) is 0 Å². The summed E-state index contributed by atoms with van der Waals surface area (Å²) in [5, 5.41) is 6.64. The van der Waals surface area contributed by atoms with Gasteiger partial charge < -0.3 is 20.3 Å². The quantitative estimate of drug-likeness (QED) is 0.729. The average molecular weight is 424 g/mol. The maximum Gasteiger partial charge on any atom is 0.408 e. The number of carbonyl (C=O) groups is 2. The van der Waals surface area contributed by atoms with Crippen LogP contribution in [0.2, 0.25) is 0 Å². The van der Waals surface area contributed by atoms with E-state index in [-0.39, 0.29) is 18.0 Å². The van der Waals surface area contributed by atoms with Gasteiger partial charge in [0, 0.05) is 25.7 Å². The molecule has 3 rings (SSSR count). The molecule has 0 radical (unpaired) electrons. The predicted molar refractivity (Wildman–Crippen MR) is 122 cm³/mol. The molecule has 2 amide bonds.